The van der Waals surface area contributed by atoms with Crippen LogP contribution >= 0.6 is 0 Å². The molecule has 1 aliphatic rings. The van der Waals surface area contributed by atoms with Crippen LogP contribution in [0.15, 0.2) is 18.2 Å². The van der Waals surface area contributed by atoms with Crippen LogP contribution in [-0.4, -0.2) is 15.8 Å². The van der Waals surface area contributed by atoms with E-state index in [0.29, 0.717) is 6.04 Å². The molecule has 4 nitrogen and oxygen atoms in total. The third kappa shape index (κ3) is 1.42. The van der Waals surface area contributed by atoms with E-state index >= 15 is 0 Å². The van der Waals surface area contributed by atoms with Gasteiger partial charge in [-0.05, 0) is 31.0 Å². The van der Waals surface area contributed by atoms with Crippen molar-refractivity contribution in [3.05, 3.63) is 18.2 Å². The van der Waals surface area contributed by atoms with Crippen LogP contribution in [0.2, 0.25) is 0 Å². The largest absolute Gasteiger partial charge is 0.399 e. The molecule has 3 N–H and O–H groups in total. The summed E-state index contributed by atoms with van der Waals surface area (Å²) >= 11 is 0. The predicted octanol–water partition coefficient (Wildman–Crippen LogP) is 1.73. The number of nitrogens with zero attached hydrogens (tertiary/aromatic N) is 2. The van der Waals surface area contributed by atoms with Gasteiger partial charge in [-0.3, -0.25) is 4.68 Å². The molecule has 0 bridgehead atoms. The van der Waals surface area contributed by atoms with Crippen molar-refractivity contribution in [1.82, 2.24) is 9.78 Å². The van der Waals surface area contributed by atoms with E-state index in [9.17, 15) is 0 Å². The van der Waals surface area contributed by atoms with Gasteiger partial charge < -0.3 is 11.1 Å². The van der Waals surface area contributed by atoms with Gasteiger partial charge in [-0.2, -0.15) is 5.10 Å². The van der Waals surface area contributed by atoms with Gasteiger partial charge in [0.05, 0.1) is 5.52 Å². The highest BCUT2D eigenvalue weighted by molar-refractivity contribution is 5.92. The minimum absolute atomic E-state index is 0.626. The molecule has 1 aromatic heterocycles. The van der Waals surface area contributed by atoms with Gasteiger partial charge in [0.1, 0.15) is 0 Å². The van der Waals surface area contributed by atoms with Crippen LogP contribution in [-0.2, 0) is 7.05 Å². The maximum Gasteiger partial charge on any atom is 0.156 e. The van der Waals surface area contributed by atoms with E-state index in [2.05, 4.69) is 10.4 Å². The molecule has 3 rings (SSSR count). The van der Waals surface area contributed by atoms with E-state index in [4.69, 9.17) is 5.73 Å². The van der Waals surface area contributed by atoms with Crippen LogP contribution in [0.5, 0.6) is 0 Å². The summed E-state index contributed by atoms with van der Waals surface area (Å²) in [4.78, 5) is 0. The fraction of sp³-hybridized carbons (Fsp3) is 0.364. The van der Waals surface area contributed by atoms with Crippen molar-refractivity contribution in [3.63, 3.8) is 0 Å². The second-order valence-corrected chi connectivity index (χ2v) is 4.17. The van der Waals surface area contributed by atoms with Gasteiger partial charge in [0.25, 0.3) is 0 Å². The summed E-state index contributed by atoms with van der Waals surface area (Å²) in [6.45, 7) is 0. The Morgan fingerprint density at radius 3 is 3.00 bits per heavy atom. The molecule has 2 aromatic rings. The Balaban J connectivity index is 2.13. The summed E-state index contributed by atoms with van der Waals surface area (Å²) in [6.07, 6.45) is 2.51. The van der Waals surface area contributed by atoms with E-state index in [1.54, 1.807) is 0 Å². The van der Waals surface area contributed by atoms with Crippen molar-refractivity contribution in [2.75, 3.05) is 11.1 Å². The molecule has 15 heavy (non-hydrogen) atoms. The summed E-state index contributed by atoms with van der Waals surface area (Å²) < 4.78 is 1.87. The smallest absolute Gasteiger partial charge is 0.156 e. The molecule has 1 heterocycles. The molecule has 78 valence electrons. The molecule has 1 fully saturated rings. The van der Waals surface area contributed by atoms with Gasteiger partial charge in [-0.25, -0.2) is 0 Å². The van der Waals surface area contributed by atoms with E-state index in [1.807, 2.05) is 29.9 Å². The molecular weight excluding hydrogens is 188 g/mol. The number of rotatable bonds is 2. The van der Waals surface area contributed by atoms with Gasteiger partial charge in [-0.1, -0.05) is 0 Å². The number of aromatic nitrogens is 2. The predicted molar refractivity (Wildman–Crippen MR) is 61.8 cm³/mol. The molecule has 0 saturated heterocycles. The molecule has 0 atom stereocenters. The van der Waals surface area contributed by atoms with E-state index in [-0.39, 0.29) is 0 Å². The SMILES string of the molecule is Cn1nc(NC2CC2)c2ccc(N)cc21. The highest BCUT2D eigenvalue weighted by Gasteiger charge is 2.23. The topological polar surface area (TPSA) is 55.9 Å². The highest BCUT2D eigenvalue weighted by Crippen LogP contribution is 2.29. The average molecular weight is 202 g/mol. The third-order valence-electron chi connectivity index (χ3n) is 2.79. The lowest BCUT2D eigenvalue weighted by atomic mass is 10.2. The Morgan fingerprint density at radius 2 is 2.27 bits per heavy atom. The molecule has 0 unspecified atom stereocenters. The van der Waals surface area contributed by atoms with Crippen LogP contribution in [0.1, 0.15) is 12.8 Å². The lowest BCUT2D eigenvalue weighted by Crippen LogP contribution is -2.02. The average Bonchev–Trinajstić information content (AvgIpc) is 2.95. The molecule has 0 radical (unpaired) electrons. The van der Waals surface area contributed by atoms with Crippen molar-refractivity contribution in [2.45, 2.75) is 18.9 Å². The van der Waals surface area contributed by atoms with Crippen LogP contribution in [0.25, 0.3) is 10.9 Å². The van der Waals surface area contributed by atoms with Crippen molar-refractivity contribution in [2.24, 2.45) is 7.05 Å². The van der Waals surface area contributed by atoms with Crippen molar-refractivity contribution in [1.29, 1.82) is 0 Å². The molecule has 0 aliphatic heterocycles. The number of anilines is 2. The zero-order chi connectivity index (χ0) is 10.4. The maximum absolute atomic E-state index is 5.75. The third-order valence-corrected chi connectivity index (χ3v) is 2.79. The minimum atomic E-state index is 0.626. The van der Waals surface area contributed by atoms with Crippen LogP contribution in [0, 0.1) is 0 Å². The van der Waals surface area contributed by atoms with Gasteiger partial charge in [0, 0.05) is 24.2 Å². The normalized spacial score (nSPS) is 15.8. The zero-order valence-corrected chi connectivity index (χ0v) is 8.70. The lowest BCUT2D eigenvalue weighted by Gasteiger charge is -1.99. The summed E-state index contributed by atoms with van der Waals surface area (Å²) in [7, 11) is 1.94. The van der Waals surface area contributed by atoms with E-state index in [0.717, 1.165) is 22.4 Å². The second-order valence-electron chi connectivity index (χ2n) is 4.17. The molecule has 0 spiro atoms. The fourth-order valence-electron chi connectivity index (χ4n) is 1.80. The molecule has 0 amide bonds. The van der Waals surface area contributed by atoms with Crippen molar-refractivity contribution in [3.8, 4) is 0 Å². The molecule has 4 heteroatoms. The molecule has 1 saturated carbocycles. The Bertz CT molecular complexity index is 511. The quantitative estimate of drug-likeness (QED) is 0.729. The number of aryl methyl sites for hydroxylation is 1. The Hall–Kier alpha value is -1.71. The van der Waals surface area contributed by atoms with Gasteiger partial charge in [0.15, 0.2) is 5.82 Å². The first kappa shape index (κ1) is 8.59. The maximum atomic E-state index is 5.75. The number of nitrogens with two attached hydrogens (primary N) is 1. The summed E-state index contributed by atoms with van der Waals surface area (Å²) in [5.74, 6) is 0.981. The fourth-order valence-corrected chi connectivity index (χ4v) is 1.80. The Kier molecular flexibility index (Phi) is 1.65. The van der Waals surface area contributed by atoms with Gasteiger partial charge in [-0.15, -0.1) is 0 Å². The standard InChI is InChI=1S/C11H14N4/c1-15-10-6-7(12)2-5-9(10)11(14-15)13-8-3-4-8/h2,5-6,8H,3-4,12H2,1H3,(H,13,14). The second kappa shape index (κ2) is 2.89. The minimum Gasteiger partial charge on any atom is -0.399 e. The van der Waals surface area contributed by atoms with E-state index in [1.165, 1.54) is 12.8 Å². The van der Waals surface area contributed by atoms with Crippen LogP contribution in [0.4, 0.5) is 11.5 Å². The number of hydrogen-bond donors (Lipinski definition) is 2. The molecule has 1 aliphatic carbocycles. The van der Waals surface area contributed by atoms with E-state index < -0.39 is 0 Å². The number of nitrogens with one attached hydrogen (secondary N) is 1. The van der Waals surface area contributed by atoms with Crippen LogP contribution < -0.4 is 11.1 Å². The first-order chi connectivity index (χ1) is 7.24. The zero-order valence-electron chi connectivity index (χ0n) is 8.70. The number of benzene rings is 1. The highest BCUT2D eigenvalue weighted by atomic mass is 15.3. The Labute approximate surface area is 88.1 Å². The van der Waals surface area contributed by atoms with Crippen molar-refractivity contribution >= 4 is 22.4 Å². The molecule has 1 aromatic carbocycles. The Morgan fingerprint density at radius 1 is 1.47 bits per heavy atom. The van der Waals surface area contributed by atoms with Gasteiger partial charge >= 0.3 is 0 Å². The number of fused-ring (bicyclic) bond motifs is 1. The molecular formula is C11H14N4. The summed E-state index contributed by atoms with van der Waals surface area (Å²) in [5, 5.41) is 9.04. The first-order valence-corrected chi connectivity index (χ1v) is 5.23. The summed E-state index contributed by atoms with van der Waals surface area (Å²) in [6, 6.07) is 6.53. The number of nitrogen functional groups attached to an aromatic ring is 1. The van der Waals surface area contributed by atoms with Gasteiger partial charge in [0.2, 0.25) is 0 Å². The lowest BCUT2D eigenvalue weighted by molar-refractivity contribution is 0.797. The number of hydrogen-bond acceptors (Lipinski definition) is 3. The first-order valence-electron chi connectivity index (χ1n) is 5.23. The monoisotopic (exact) mass is 202 g/mol. The van der Waals surface area contributed by atoms with Crippen LogP contribution in [0.3, 0.4) is 0 Å². The van der Waals surface area contributed by atoms with Crippen molar-refractivity contribution < 1.29 is 0 Å². The summed E-state index contributed by atoms with van der Waals surface area (Å²) in [5.41, 5.74) is 7.62.